The predicted molar refractivity (Wildman–Crippen MR) is 66.3 cm³/mol. The van der Waals surface area contributed by atoms with Gasteiger partial charge in [-0.25, -0.2) is 0 Å². The number of rotatable bonds is 10. The zero-order valence-corrected chi connectivity index (χ0v) is 10.9. The smallest absolute Gasteiger partial charge is 0.0587 e. The third kappa shape index (κ3) is 10.2. The molecule has 0 aromatic heterocycles. The Hall–Kier alpha value is -0.120. The molecule has 0 aliphatic rings. The fraction of sp³-hybridized carbons (Fsp3) is 1.00. The van der Waals surface area contributed by atoms with Gasteiger partial charge >= 0.3 is 0 Å². The van der Waals surface area contributed by atoms with Crippen LogP contribution in [0, 0.1) is 5.92 Å². The van der Waals surface area contributed by atoms with Gasteiger partial charge in [0.25, 0.3) is 0 Å². The molecule has 0 saturated heterocycles. The first-order valence-corrected chi connectivity index (χ1v) is 6.08. The summed E-state index contributed by atoms with van der Waals surface area (Å²) in [5.41, 5.74) is 0. The van der Waals surface area contributed by atoms with E-state index in [9.17, 15) is 0 Å². The molecule has 0 aliphatic heterocycles. The molecule has 0 amide bonds. The van der Waals surface area contributed by atoms with Crippen molar-refractivity contribution < 1.29 is 4.74 Å². The summed E-state index contributed by atoms with van der Waals surface area (Å²) in [5, 5.41) is 3.35. The molecule has 0 aromatic carbocycles. The first kappa shape index (κ1) is 14.9. The van der Waals surface area contributed by atoms with Crippen molar-refractivity contribution in [1.82, 2.24) is 10.2 Å². The van der Waals surface area contributed by atoms with Gasteiger partial charge in [-0.15, -0.1) is 0 Å². The number of methoxy groups -OCH3 is 1. The Morgan fingerprint density at radius 2 is 2.00 bits per heavy atom. The van der Waals surface area contributed by atoms with Crippen LogP contribution in [0.1, 0.15) is 26.7 Å². The Kier molecular flexibility index (Phi) is 10.3. The normalized spacial score (nSPS) is 13.4. The lowest BCUT2D eigenvalue weighted by atomic mass is 10.1. The van der Waals surface area contributed by atoms with E-state index < -0.39 is 0 Å². The van der Waals surface area contributed by atoms with E-state index >= 15 is 0 Å². The summed E-state index contributed by atoms with van der Waals surface area (Å²) in [4.78, 5) is 2.39. The molecule has 0 rings (SSSR count). The van der Waals surface area contributed by atoms with Crippen LogP contribution in [0.4, 0.5) is 0 Å². The maximum atomic E-state index is 4.97. The molecule has 15 heavy (non-hydrogen) atoms. The number of hydrogen-bond acceptors (Lipinski definition) is 3. The molecule has 0 bridgehead atoms. The second-order valence-electron chi connectivity index (χ2n) is 4.35. The highest BCUT2D eigenvalue weighted by atomic mass is 16.5. The van der Waals surface area contributed by atoms with Crippen molar-refractivity contribution in [2.45, 2.75) is 26.7 Å². The van der Waals surface area contributed by atoms with Crippen LogP contribution in [-0.2, 0) is 4.74 Å². The Bertz CT molecular complexity index is 131. The van der Waals surface area contributed by atoms with E-state index in [2.05, 4.69) is 31.1 Å². The van der Waals surface area contributed by atoms with Gasteiger partial charge in [-0.1, -0.05) is 20.3 Å². The highest BCUT2D eigenvalue weighted by molar-refractivity contribution is 4.58. The molecule has 0 saturated carbocycles. The van der Waals surface area contributed by atoms with Crippen LogP contribution in [0.3, 0.4) is 0 Å². The Morgan fingerprint density at radius 1 is 1.27 bits per heavy atom. The second-order valence-corrected chi connectivity index (χ2v) is 4.35. The monoisotopic (exact) mass is 216 g/mol. The maximum Gasteiger partial charge on any atom is 0.0587 e. The SMILES string of the molecule is CCC(C)CCN(C)CCNCCOC. The summed E-state index contributed by atoms with van der Waals surface area (Å²) in [7, 11) is 3.93. The van der Waals surface area contributed by atoms with E-state index in [0.717, 1.165) is 32.2 Å². The fourth-order valence-corrected chi connectivity index (χ4v) is 1.33. The minimum Gasteiger partial charge on any atom is -0.383 e. The molecular weight excluding hydrogens is 188 g/mol. The average Bonchev–Trinajstić information content (AvgIpc) is 2.25. The van der Waals surface area contributed by atoms with E-state index in [1.807, 2.05) is 0 Å². The molecule has 3 heteroatoms. The Labute approximate surface area is 95.2 Å². The van der Waals surface area contributed by atoms with Crippen LogP contribution in [0.2, 0.25) is 0 Å². The van der Waals surface area contributed by atoms with Gasteiger partial charge in [0, 0.05) is 26.7 Å². The van der Waals surface area contributed by atoms with E-state index in [1.165, 1.54) is 19.4 Å². The minimum atomic E-state index is 0.802. The van der Waals surface area contributed by atoms with Crippen molar-refractivity contribution in [3.8, 4) is 0 Å². The molecule has 0 aromatic rings. The second kappa shape index (κ2) is 10.4. The van der Waals surface area contributed by atoms with Gasteiger partial charge in [0.2, 0.25) is 0 Å². The summed E-state index contributed by atoms with van der Waals surface area (Å²) in [6, 6.07) is 0. The molecule has 0 fully saturated rings. The standard InChI is InChI=1S/C12H28N2O/c1-5-12(2)6-9-14(3)10-7-13-8-11-15-4/h12-13H,5-11H2,1-4H3. The Morgan fingerprint density at radius 3 is 2.60 bits per heavy atom. The lowest BCUT2D eigenvalue weighted by Crippen LogP contribution is -2.31. The highest BCUT2D eigenvalue weighted by Crippen LogP contribution is 2.06. The molecule has 1 atom stereocenters. The zero-order valence-electron chi connectivity index (χ0n) is 10.9. The van der Waals surface area contributed by atoms with Crippen LogP contribution < -0.4 is 5.32 Å². The van der Waals surface area contributed by atoms with Gasteiger partial charge in [-0.3, -0.25) is 0 Å². The zero-order chi connectivity index (χ0) is 11.5. The number of nitrogens with one attached hydrogen (secondary N) is 1. The van der Waals surface area contributed by atoms with Gasteiger partial charge < -0.3 is 15.0 Å². The van der Waals surface area contributed by atoms with Crippen molar-refractivity contribution in [2.75, 3.05) is 46.9 Å². The highest BCUT2D eigenvalue weighted by Gasteiger charge is 2.01. The predicted octanol–water partition coefficient (Wildman–Crippen LogP) is 1.59. The number of likely N-dealkylation sites (N-methyl/N-ethyl adjacent to an activating group) is 1. The molecule has 0 spiro atoms. The lowest BCUT2D eigenvalue weighted by Gasteiger charge is -2.18. The molecule has 1 unspecified atom stereocenters. The van der Waals surface area contributed by atoms with E-state index in [1.54, 1.807) is 7.11 Å². The van der Waals surface area contributed by atoms with E-state index in [4.69, 9.17) is 4.74 Å². The van der Waals surface area contributed by atoms with Gasteiger partial charge in [0.05, 0.1) is 6.61 Å². The molecule has 3 nitrogen and oxygen atoms in total. The van der Waals surface area contributed by atoms with E-state index in [-0.39, 0.29) is 0 Å². The van der Waals surface area contributed by atoms with Crippen molar-refractivity contribution >= 4 is 0 Å². The number of ether oxygens (including phenoxy) is 1. The molecule has 92 valence electrons. The van der Waals surface area contributed by atoms with E-state index in [0.29, 0.717) is 0 Å². The van der Waals surface area contributed by atoms with Crippen LogP contribution in [0.15, 0.2) is 0 Å². The van der Waals surface area contributed by atoms with Crippen LogP contribution in [0.5, 0.6) is 0 Å². The third-order valence-electron chi connectivity index (χ3n) is 2.85. The first-order chi connectivity index (χ1) is 7.20. The molecule has 0 radical (unpaired) electrons. The van der Waals surface area contributed by atoms with Crippen LogP contribution >= 0.6 is 0 Å². The van der Waals surface area contributed by atoms with Crippen molar-refractivity contribution in [3.05, 3.63) is 0 Å². The maximum absolute atomic E-state index is 4.97. The minimum absolute atomic E-state index is 0.802. The topological polar surface area (TPSA) is 24.5 Å². The molecule has 1 N–H and O–H groups in total. The van der Waals surface area contributed by atoms with Gasteiger partial charge in [0.1, 0.15) is 0 Å². The van der Waals surface area contributed by atoms with Crippen molar-refractivity contribution in [2.24, 2.45) is 5.92 Å². The summed E-state index contributed by atoms with van der Waals surface area (Å²) >= 11 is 0. The number of hydrogen-bond donors (Lipinski definition) is 1. The summed E-state index contributed by atoms with van der Waals surface area (Å²) in [6.45, 7) is 9.73. The van der Waals surface area contributed by atoms with Gasteiger partial charge in [0.15, 0.2) is 0 Å². The molecular formula is C12H28N2O. The molecule has 0 aliphatic carbocycles. The summed E-state index contributed by atoms with van der Waals surface area (Å²) in [6.07, 6.45) is 2.60. The Balaban J connectivity index is 3.21. The van der Waals surface area contributed by atoms with Crippen LogP contribution in [0.25, 0.3) is 0 Å². The van der Waals surface area contributed by atoms with Crippen molar-refractivity contribution in [3.63, 3.8) is 0 Å². The summed E-state index contributed by atoms with van der Waals surface area (Å²) in [5.74, 6) is 0.855. The fourth-order valence-electron chi connectivity index (χ4n) is 1.33. The quantitative estimate of drug-likeness (QED) is 0.561. The third-order valence-corrected chi connectivity index (χ3v) is 2.85. The molecule has 0 heterocycles. The van der Waals surface area contributed by atoms with Crippen LogP contribution in [-0.4, -0.2) is 51.8 Å². The summed E-state index contributed by atoms with van der Waals surface area (Å²) < 4.78 is 4.97. The van der Waals surface area contributed by atoms with Gasteiger partial charge in [-0.05, 0) is 25.9 Å². The largest absolute Gasteiger partial charge is 0.383 e. The van der Waals surface area contributed by atoms with Gasteiger partial charge in [-0.2, -0.15) is 0 Å². The van der Waals surface area contributed by atoms with Crippen molar-refractivity contribution in [1.29, 1.82) is 0 Å². The number of nitrogens with zero attached hydrogens (tertiary/aromatic N) is 1. The first-order valence-electron chi connectivity index (χ1n) is 6.08. The lowest BCUT2D eigenvalue weighted by molar-refractivity contribution is 0.197. The average molecular weight is 216 g/mol.